The van der Waals surface area contributed by atoms with Crippen molar-refractivity contribution in [1.82, 2.24) is 14.8 Å². The number of cyclic esters (lactones) is 1. The van der Waals surface area contributed by atoms with Crippen molar-refractivity contribution in [3.8, 4) is 0 Å². The largest absolute Gasteiger partial charge is 0.449 e. The molecule has 1 aromatic rings. The Morgan fingerprint density at radius 3 is 2.82 bits per heavy atom. The Morgan fingerprint density at radius 2 is 2.14 bits per heavy atom. The van der Waals surface area contributed by atoms with Crippen molar-refractivity contribution in [3.63, 3.8) is 0 Å². The lowest BCUT2D eigenvalue weighted by molar-refractivity contribution is 0.0719. The number of aryl methyl sites for hydroxylation is 1. The van der Waals surface area contributed by atoms with Crippen LogP contribution < -0.4 is 10.9 Å². The van der Waals surface area contributed by atoms with Crippen LogP contribution in [0.4, 0.5) is 4.79 Å². The first-order valence-corrected chi connectivity index (χ1v) is 7.45. The molecule has 0 aromatic carbocycles. The molecule has 2 heterocycles. The number of carbonyl (C=O) groups is 2. The van der Waals surface area contributed by atoms with Crippen LogP contribution in [0.3, 0.4) is 0 Å². The van der Waals surface area contributed by atoms with E-state index in [1.807, 2.05) is 13.8 Å². The molecule has 1 N–H and O–H groups in total. The van der Waals surface area contributed by atoms with Gasteiger partial charge in [0.15, 0.2) is 0 Å². The molecule has 120 valence electrons. The van der Waals surface area contributed by atoms with E-state index in [1.165, 1.54) is 6.07 Å². The van der Waals surface area contributed by atoms with E-state index in [9.17, 15) is 14.4 Å². The molecule has 2 rings (SSSR count). The standard InChI is InChI=1S/C15H21N3O4/c1-3-18-11(2)5-6-12(14(18)20)13(19)16-7-9-17-8-4-10-22-15(17)21/h5-6H,3-4,7-10H2,1-2H3,(H,16,19). The van der Waals surface area contributed by atoms with Gasteiger partial charge in [0.25, 0.3) is 11.5 Å². The van der Waals surface area contributed by atoms with Crippen molar-refractivity contribution in [2.45, 2.75) is 26.8 Å². The molecule has 1 aliphatic heterocycles. The van der Waals surface area contributed by atoms with Crippen LogP contribution in [0.1, 0.15) is 29.4 Å². The number of hydrogen-bond acceptors (Lipinski definition) is 4. The van der Waals surface area contributed by atoms with E-state index in [-0.39, 0.29) is 23.8 Å². The maximum absolute atomic E-state index is 12.2. The number of hydrogen-bond donors (Lipinski definition) is 1. The molecule has 0 aliphatic carbocycles. The number of nitrogens with zero attached hydrogens (tertiary/aromatic N) is 2. The van der Waals surface area contributed by atoms with Crippen molar-refractivity contribution in [1.29, 1.82) is 0 Å². The fourth-order valence-corrected chi connectivity index (χ4v) is 2.44. The molecule has 2 amide bonds. The van der Waals surface area contributed by atoms with E-state index in [4.69, 9.17) is 4.74 Å². The molecule has 7 nitrogen and oxygen atoms in total. The summed E-state index contributed by atoms with van der Waals surface area (Å²) >= 11 is 0. The predicted octanol–water partition coefficient (Wildman–Crippen LogP) is 0.749. The van der Waals surface area contributed by atoms with Crippen LogP contribution in [0.15, 0.2) is 16.9 Å². The van der Waals surface area contributed by atoms with Gasteiger partial charge in [-0.25, -0.2) is 4.79 Å². The molecule has 1 saturated heterocycles. The van der Waals surface area contributed by atoms with Gasteiger partial charge >= 0.3 is 6.09 Å². The summed E-state index contributed by atoms with van der Waals surface area (Å²) in [6.45, 7) is 5.94. The molecule has 0 spiro atoms. The molecule has 1 aromatic heterocycles. The summed E-state index contributed by atoms with van der Waals surface area (Å²) < 4.78 is 6.47. The number of nitrogens with one attached hydrogen (secondary N) is 1. The quantitative estimate of drug-likeness (QED) is 0.870. The predicted molar refractivity (Wildman–Crippen MR) is 81.0 cm³/mol. The molecule has 0 unspecified atom stereocenters. The third kappa shape index (κ3) is 3.47. The molecule has 1 aliphatic rings. The molecule has 0 bridgehead atoms. The summed E-state index contributed by atoms with van der Waals surface area (Å²) in [5, 5.41) is 2.68. The highest BCUT2D eigenvalue weighted by Gasteiger charge is 2.19. The summed E-state index contributed by atoms with van der Waals surface area (Å²) in [5.74, 6) is -0.419. The summed E-state index contributed by atoms with van der Waals surface area (Å²) in [4.78, 5) is 37.3. The fourth-order valence-electron chi connectivity index (χ4n) is 2.44. The zero-order valence-electron chi connectivity index (χ0n) is 12.9. The summed E-state index contributed by atoms with van der Waals surface area (Å²) in [6, 6.07) is 3.29. The maximum Gasteiger partial charge on any atom is 0.409 e. The van der Waals surface area contributed by atoms with E-state index in [1.54, 1.807) is 15.5 Å². The molecule has 22 heavy (non-hydrogen) atoms. The minimum Gasteiger partial charge on any atom is -0.449 e. The Bertz CT molecular complexity index is 624. The number of pyridine rings is 1. The second-order valence-corrected chi connectivity index (χ2v) is 5.15. The third-order valence-corrected chi connectivity index (χ3v) is 3.68. The van der Waals surface area contributed by atoms with Crippen LogP contribution in [0.25, 0.3) is 0 Å². The van der Waals surface area contributed by atoms with Crippen molar-refractivity contribution in [2.24, 2.45) is 0 Å². The van der Waals surface area contributed by atoms with E-state index in [0.717, 1.165) is 12.1 Å². The minimum atomic E-state index is -0.419. The normalized spacial score (nSPS) is 14.6. The van der Waals surface area contributed by atoms with Crippen molar-refractivity contribution >= 4 is 12.0 Å². The topological polar surface area (TPSA) is 80.6 Å². The van der Waals surface area contributed by atoms with Crippen molar-refractivity contribution in [2.75, 3.05) is 26.2 Å². The third-order valence-electron chi connectivity index (χ3n) is 3.68. The van der Waals surface area contributed by atoms with Crippen molar-refractivity contribution < 1.29 is 14.3 Å². The van der Waals surface area contributed by atoms with Crippen LogP contribution in [0.5, 0.6) is 0 Å². The van der Waals surface area contributed by atoms with Crippen LogP contribution in [0, 0.1) is 6.92 Å². The van der Waals surface area contributed by atoms with Gasteiger partial charge in [-0.15, -0.1) is 0 Å². The van der Waals surface area contributed by atoms with Gasteiger partial charge in [0.2, 0.25) is 0 Å². The van der Waals surface area contributed by atoms with Gasteiger partial charge in [0.05, 0.1) is 6.61 Å². The average molecular weight is 307 g/mol. The van der Waals surface area contributed by atoms with Crippen LogP contribution in [-0.4, -0.2) is 47.7 Å². The molecular formula is C15H21N3O4. The second-order valence-electron chi connectivity index (χ2n) is 5.15. The van der Waals surface area contributed by atoms with Crippen LogP contribution in [-0.2, 0) is 11.3 Å². The Balaban J connectivity index is 1.95. The molecule has 0 saturated carbocycles. The maximum atomic E-state index is 12.2. The number of ether oxygens (including phenoxy) is 1. The first-order chi connectivity index (χ1) is 10.5. The minimum absolute atomic E-state index is 0.119. The van der Waals surface area contributed by atoms with E-state index in [2.05, 4.69) is 5.32 Å². The lowest BCUT2D eigenvalue weighted by atomic mass is 10.2. The fraction of sp³-hybridized carbons (Fsp3) is 0.533. The molecule has 1 fully saturated rings. The Labute approximate surface area is 128 Å². The highest BCUT2D eigenvalue weighted by atomic mass is 16.6. The highest BCUT2D eigenvalue weighted by molar-refractivity contribution is 5.93. The van der Waals surface area contributed by atoms with Gasteiger partial charge in [-0.05, 0) is 32.4 Å². The average Bonchev–Trinajstić information content (AvgIpc) is 2.49. The zero-order chi connectivity index (χ0) is 16.1. The smallest absolute Gasteiger partial charge is 0.409 e. The summed E-state index contributed by atoms with van der Waals surface area (Å²) in [6.07, 6.45) is 0.433. The van der Waals surface area contributed by atoms with Crippen molar-refractivity contribution in [3.05, 3.63) is 33.7 Å². The molecule has 0 radical (unpaired) electrons. The Hall–Kier alpha value is -2.31. The summed E-state index contributed by atoms with van der Waals surface area (Å²) in [5.41, 5.74) is 0.645. The van der Waals surface area contributed by atoms with Crippen LogP contribution >= 0.6 is 0 Å². The van der Waals surface area contributed by atoms with E-state index >= 15 is 0 Å². The second kappa shape index (κ2) is 7.11. The van der Waals surface area contributed by atoms with Gasteiger partial charge in [-0.2, -0.15) is 0 Å². The first kappa shape index (κ1) is 16.1. The van der Waals surface area contributed by atoms with Gasteiger partial charge in [-0.3, -0.25) is 9.59 Å². The number of carbonyl (C=O) groups excluding carboxylic acids is 2. The molecule has 7 heteroatoms. The Morgan fingerprint density at radius 1 is 1.36 bits per heavy atom. The zero-order valence-corrected chi connectivity index (χ0v) is 12.9. The number of amides is 2. The first-order valence-electron chi connectivity index (χ1n) is 7.45. The number of aromatic nitrogens is 1. The molecular weight excluding hydrogens is 286 g/mol. The molecule has 0 atom stereocenters. The number of rotatable bonds is 5. The summed E-state index contributed by atoms with van der Waals surface area (Å²) in [7, 11) is 0. The lowest BCUT2D eigenvalue weighted by Crippen LogP contribution is -2.43. The van der Waals surface area contributed by atoms with E-state index < -0.39 is 5.91 Å². The van der Waals surface area contributed by atoms with Gasteiger partial charge in [-0.1, -0.05) is 0 Å². The van der Waals surface area contributed by atoms with Crippen LogP contribution in [0.2, 0.25) is 0 Å². The van der Waals surface area contributed by atoms with Gasteiger partial charge < -0.3 is 19.5 Å². The monoisotopic (exact) mass is 307 g/mol. The Kier molecular flexibility index (Phi) is 5.19. The van der Waals surface area contributed by atoms with E-state index in [0.29, 0.717) is 26.2 Å². The van der Waals surface area contributed by atoms with Gasteiger partial charge in [0.1, 0.15) is 5.56 Å². The SMILES string of the molecule is CCn1c(C)ccc(C(=O)NCCN2CCCOC2=O)c1=O. The lowest BCUT2D eigenvalue weighted by Gasteiger charge is -2.26. The van der Waals surface area contributed by atoms with Gasteiger partial charge in [0, 0.05) is 31.9 Å². The highest BCUT2D eigenvalue weighted by Crippen LogP contribution is 2.03.